The number of fused-ring (bicyclic) bond motifs is 1. The molecule has 7 nitrogen and oxygen atoms in total. The van der Waals surface area contributed by atoms with Crippen LogP contribution >= 0.6 is 11.3 Å². The molecule has 0 amide bonds. The van der Waals surface area contributed by atoms with Gasteiger partial charge in [0, 0.05) is 7.05 Å². The largest absolute Gasteiger partial charge is 0.468 e. The molecule has 154 valence electrons. The van der Waals surface area contributed by atoms with Crippen molar-refractivity contribution >= 4 is 37.3 Å². The highest BCUT2D eigenvalue weighted by Crippen LogP contribution is 2.16. The van der Waals surface area contributed by atoms with Gasteiger partial charge in [-0.2, -0.15) is 5.10 Å². The zero-order valence-electron chi connectivity index (χ0n) is 16.4. The zero-order chi connectivity index (χ0) is 21.1. The predicted molar refractivity (Wildman–Crippen MR) is 118 cm³/mol. The van der Waals surface area contributed by atoms with Crippen molar-refractivity contribution in [3.05, 3.63) is 83.1 Å². The predicted octanol–water partition coefficient (Wildman–Crippen LogP) is 3.64. The fraction of sp³-hybridized carbons (Fsp3) is 0.143. The van der Waals surface area contributed by atoms with Gasteiger partial charge >= 0.3 is 0 Å². The first kappa shape index (κ1) is 20.3. The number of para-hydroxylation sites is 1. The van der Waals surface area contributed by atoms with Gasteiger partial charge in [0.1, 0.15) is 5.76 Å². The molecule has 4 aromatic rings. The zero-order valence-corrected chi connectivity index (χ0v) is 18.1. The highest BCUT2D eigenvalue weighted by molar-refractivity contribution is 7.89. The van der Waals surface area contributed by atoms with Gasteiger partial charge in [-0.15, -0.1) is 5.10 Å². The van der Waals surface area contributed by atoms with Crippen molar-refractivity contribution < 1.29 is 12.8 Å². The van der Waals surface area contributed by atoms with Crippen LogP contribution in [0.2, 0.25) is 0 Å². The molecule has 0 unspecified atom stereocenters. The summed E-state index contributed by atoms with van der Waals surface area (Å²) < 4.78 is 35.7. The lowest BCUT2D eigenvalue weighted by Gasteiger charge is -2.06. The Morgan fingerprint density at radius 3 is 2.57 bits per heavy atom. The van der Waals surface area contributed by atoms with E-state index in [0.29, 0.717) is 11.5 Å². The van der Waals surface area contributed by atoms with E-state index in [1.807, 2.05) is 36.7 Å². The van der Waals surface area contributed by atoms with Crippen molar-refractivity contribution in [3.63, 3.8) is 0 Å². The van der Waals surface area contributed by atoms with Gasteiger partial charge in [0.05, 0.1) is 33.6 Å². The number of aryl methyl sites for hydroxylation is 1. The maximum Gasteiger partial charge on any atom is 0.240 e. The molecule has 9 heteroatoms. The smallest absolute Gasteiger partial charge is 0.240 e. The Bertz CT molecular complexity index is 1360. The Hall–Kier alpha value is -3.01. The van der Waals surface area contributed by atoms with Crippen LogP contribution in [0.4, 0.5) is 0 Å². The minimum absolute atomic E-state index is 0.0998. The van der Waals surface area contributed by atoms with Gasteiger partial charge in [0.2, 0.25) is 14.8 Å². The molecule has 1 N–H and O–H groups in total. The van der Waals surface area contributed by atoms with Crippen LogP contribution < -0.4 is 9.52 Å². The average Bonchev–Trinajstić information content (AvgIpc) is 3.39. The van der Waals surface area contributed by atoms with E-state index < -0.39 is 10.0 Å². The summed E-state index contributed by atoms with van der Waals surface area (Å²) in [6, 6.07) is 18.1. The molecule has 0 saturated heterocycles. The lowest BCUT2D eigenvalue weighted by molar-refractivity contribution is 0.498. The summed E-state index contributed by atoms with van der Waals surface area (Å²) in [4.78, 5) is 0.968. The van der Waals surface area contributed by atoms with Gasteiger partial charge in [-0.05, 0) is 48.9 Å². The number of sulfonamides is 1. The minimum Gasteiger partial charge on any atom is -0.468 e. The van der Waals surface area contributed by atoms with E-state index in [1.54, 1.807) is 47.7 Å². The summed E-state index contributed by atoms with van der Waals surface area (Å²) in [6.45, 7) is 1.94. The van der Waals surface area contributed by atoms with E-state index in [4.69, 9.17) is 4.42 Å². The van der Waals surface area contributed by atoms with Crippen LogP contribution in [-0.2, 0) is 23.6 Å². The summed E-state index contributed by atoms with van der Waals surface area (Å²) in [6.07, 6.45) is 1.50. The lowest BCUT2D eigenvalue weighted by Crippen LogP contribution is -2.23. The first-order valence-corrected chi connectivity index (χ1v) is 11.5. The van der Waals surface area contributed by atoms with Crippen molar-refractivity contribution in [3.8, 4) is 0 Å². The van der Waals surface area contributed by atoms with Crippen LogP contribution in [0.25, 0.3) is 10.2 Å². The minimum atomic E-state index is -3.63. The van der Waals surface area contributed by atoms with Crippen LogP contribution in [0.5, 0.6) is 0 Å². The number of thiazole rings is 1. The third-order valence-corrected chi connectivity index (χ3v) is 7.12. The van der Waals surface area contributed by atoms with E-state index in [0.717, 1.165) is 20.6 Å². The molecule has 2 heterocycles. The number of benzene rings is 2. The molecule has 0 saturated carbocycles. The summed E-state index contributed by atoms with van der Waals surface area (Å²) in [5.41, 5.74) is 2.60. The summed E-state index contributed by atoms with van der Waals surface area (Å²) >= 11 is 1.57. The van der Waals surface area contributed by atoms with Crippen molar-refractivity contribution in [1.29, 1.82) is 0 Å². The van der Waals surface area contributed by atoms with Crippen molar-refractivity contribution in [2.24, 2.45) is 17.3 Å². The number of nitrogens with one attached hydrogen (secondary N) is 1. The maximum atomic E-state index is 12.4. The first-order chi connectivity index (χ1) is 14.4. The molecule has 2 aromatic heterocycles. The fourth-order valence-electron chi connectivity index (χ4n) is 2.89. The quantitative estimate of drug-likeness (QED) is 0.367. The molecule has 4 rings (SSSR count). The monoisotopic (exact) mass is 440 g/mol. The molecule has 2 aromatic carbocycles. The van der Waals surface area contributed by atoms with Gasteiger partial charge in [-0.1, -0.05) is 35.6 Å². The van der Waals surface area contributed by atoms with Crippen LogP contribution in [0.3, 0.4) is 0 Å². The second-order valence-electron chi connectivity index (χ2n) is 6.63. The van der Waals surface area contributed by atoms with Crippen LogP contribution in [0, 0.1) is 0 Å². The Kier molecular flexibility index (Phi) is 5.67. The highest BCUT2D eigenvalue weighted by atomic mass is 32.2. The van der Waals surface area contributed by atoms with Crippen molar-refractivity contribution in [2.75, 3.05) is 0 Å². The Morgan fingerprint density at radius 1 is 1.10 bits per heavy atom. The van der Waals surface area contributed by atoms with Crippen LogP contribution in [0.15, 0.2) is 86.4 Å². The van der Waals surface area contributed by atoms with E-state index >= 15 is 0 Å². The molecule has 0 spiro atoms. The van der Waals surface area contributed by atoms with Gasteiger partial charge in [-0.25, -0.2) is 13.1 Å². The number of aromatic nitrogens is 1. The maximum absolute atomic E-state index is 12.4. The molecule has 0 bridgehead atoms. The molecular formula is C21H20N4O3S2. The summed E-state index contributed by atoms with van der Waals surface area (Å²) in [5.74, 6) is 0.550. The molecule has 0 fully saturated rings. The SMILES string of the molecule is CC(=NN=c1sc2ccccc2n1C)c1ccc(S(=O)(=O)NCc2ccco2)cc1. The van der Waals surface area contributed by atoms with Crippen molar-refractivity contribution in [1.82, 2.24) is 9.29 Å². The third-order valence-electron chi connectivity index (χ3n) is 4.60. The molecule has 0 radical (unpaired) electrons. The fourth-order valence-corrected chi connectivity index (χ4v) is 4.85. The molecule has 0 aliphatic rings. The molecule has 0 aliphatic heterocycles. The van der Waals surface area contributed by atoms with Crippen LogP contribution in [0.1, 0.15) is 18.2 Å². The number of rotatable bonds is 6. The topological polar surface area (TPSA) is 89.0 Å². The van der Waals surface area contributed by atoms with E-state index in [-0.39, 0.29) is 11.4 Å². The number of hydrogen-bond acceptors (Lipinski definition) is 6. The van der Waals surface area contributed by atoms with Crippen LogP contribution in [-0.4, -0.2) is 18.7 Å². The van der Waals surface area contributed by atoms with Gasteiger partial charge in [0.15, 0.2) is 0 Å². The van der Waals surface area contributed by atoms with Gasteiger partial charge in [-0.3, -0.25) is 0 Å². The first-order valence-electron chi connectivity index (χ1n) is 9.19. The number of furan rings is 1. The number of hydrogen-bond donors (Lipinski definition) is 1. The average molecular weight is 441 g/mol. The second kappa shape index (κ2) is 8.39. The number of nitrogens with zero attached hydrogens (tertiary/aromatic N) is 3. The third kappa shape index (κ3) is 4.28. The van der Waals surface area contributed by atoms with Gasteiger partial charge in [0.25, 0.3) is 0 Å². The van der Waals surface area contributed by atoms with E-state index in [1.165, 1.54) is 6.26 Å². The highest BCUT2D eigenvalue weighted by Gasteiger charge is 2.14. The Balaban J connectivity index is 1.53. The molecule has 30 heavy (non-hydrogen) atoms. The summed E-state index contributed by atoms with van der Waals surface area (Å²) in [5, 5.41) is 8.71. The summed E-state index contributed by atoms with van der Waals surface area (Å²) in [7, 11) is -1.67. The standard InChI is InChI=1S/C21H20N4O3S2/c1-15(23-24-21-25(2)19-7-3-4-8-20(19)29-21)16-9-11-18(12-10-16)30(26,27)22-14-17-6-5-13-28-17/h3-13,22H,14H2,1-2H3. The van der Waals surface area contributed by atoms with Gasteiger partial charge < -0.3 is 8.98 Å². The molecule has 0 atom stereocenters. The normalized spacial score (nSPS) is 13.3. The Morgan fingerprint density at radius 2 is 1.87 bits per heavy atom. The lowest BCUT2D eigenvalue weighted by atomic mass is 10.1. The second-order valence-corrected chi connectivity index (χ2v) is 9.40. The molecule has 0 aliphatic carbocycles. The Labute approximate surface area is 178 Å². The molecular weight excluding hydrogens is 420 g/mol. The van der Waals surface area contributed by atoms with Crippen molar-refractivity contribution in [2.45, 2.75) is 18.4 Å². The van der Waals surface area contributed by atoms with E-state index in [2.05, 4.69) is 21.0 Å². The van der Waals surface area contributed by atoms with E-state index in [9.17, 15) is 8.42 Å².